The van der Waals surface area contributed by atoms with Crippen molar-refractivity contribution in [2.75, 3.05) is 32.8 Å². The molecule has 2 saturated heterocycles. The quantitative estimate of drug-likeness (QED) is 0.801. The highest BCUT2D eigenvalue weighted by atomic mass is 16.5. The zero-order valence-corrected chi connectivity index (χ0v) is 10.6. The van der Waals surface area contributed by atoms with Crippen LogP contribution < -0.4 is 5.32 Å². The molecule has 0 bridgehead atoms. The van der Waals surface area contributed by atoms with Crippen molar-refractivity contribution in [1.82, 2.24) is 10.2 Å². The molecule has 0 unspecified atom stereocenters. The molecule has 1 N–H and O–H groups in total. The number of nitrogens with zero attached hydrogens (tertiary/aromatic N) is 1. The molecule has 0 aliphatic carbocycles. The van der Waals surface area contributed by atoms with Crippen LogP contribution in [-0.2, 0) is 9.53 Å². The van der Waals surface area contributed by atoms with E-state index < -0.39 is 0 Å². The van der Waals surface area contributed by atoms with E-state index in [0.29, 0.717) is 12.6 Å². The predicted octanol–water partition coefficient (Wildman–Crippen LogP) is 1.16. The zero-order chi connectivity index (χ0) is 11.9. The highest BCUT2D eigenvalue weighted by Crippen LogP contribution is 2.11. The Hall–Kier alpha value is -0.610. The number of rotatable bonds is 4. The Labute approximate surface area is 104 Å². The Morgan fingerprint density at radius 2 is 1.94 bits per heavy atom. The summed E-state index contributed by atoms with van der Waals surface area (Å²) in [6.07, 6.45) is 7.49. The lowest BCUT2D eigenvalue weighted by atomic mass is 10.2. The largest absolute Gasteiger partial charge is 0.377 e. The van der Waals surface area contributed by atoms with E-state index >= 15 is 0 Å². The van der Waals surface area contributed by atoms with Gasteiger partial charge in [-0.25, -0.2) is 0 Å². The Morgan fingerprint density at radius 1 is 1.18 bits per heavy atom. The van der Waals surface area contributed by atoms with Gasteiger partial charge in [0.1, 0.15) is 0 Å². The zero-order valence-electron chi connectivity index (χ0n) is 10.6. The molecule has 2 rings (SSSR count). The summed E-state index contributed by atoms with van der Waals surface area (Å²) in [6.45, 7) is 4.06. The normalized spacial score (nSPS) is 25.9. The molecule has 0 spiro atoms. The fraction of sp³-hybridized carbons (Fsp3) is 0.923. The van der Waals surface area contributed by atoms with Gasteiger partial charge >= 0.3 is 0 Å². The summed E-state index contributed by atoms with van der Waals surface area (Å²) in [4.78, 5) is 14.0. The molecule has 98 valence electrons. The van der Waals surface area contributed by atoms with Crippen molar-refractivity contribution in [3.63, 3.8) is 0 Å². The maximum atomic E-state index is 11.9. The summed E-state index contributed by atoms with van der Waals surface area (Å²) >= 11 is 0. The van der Waals surface area contributed by atoms with Crippen molar-refractivity contribution in [3.8, 4) is 0 Å². The van der Waals surface area contributed by atoms with E-state index in [0.717, 1.165) is 51.9 Å². The van der Waals surface area contributed by atoms with E-state index in [1.54, 1.807) is 0 Å². The predicted molar refractivity (Wildman–Crippen MR) is 66.9 cm³/mol. The van der Waals surface area contributed by atoms with Crippen LogP contribution in [0.15, 0.2) is 0 Å². The lowest BCUT2D eigenvalue weighted by Crippen LogP contribution is -2.40. The van der Waals surface area contributed by atoms with Crippen molar-refractivity contribution in [3.05, 3.63) is 0 Å². The van der Waals surface area contributed by atoms with Crippen molar-refractivity contribution < 1.29 is 9.53 Å². The van der Waals surface area contributed by atoms with Crippen LogP contribution in [0.3, 0.4) is 0 Å². The third-order valence-electron chi connectivity index (χ3n) is 3.63. The van der Waals surface area contributed by atoms with E-state index in [9.17, 15) is 4.79 Å². The van der Waals surface area contributed by atoms with Crippen molar-refractivity contribution in [2.24, 2.45) is 0 Å². The lowest BCUT2D eigenvalue weighted by molar-refractivity contribution is -0.130. The molecule has 1 amide bonds. The number of nitrogens with one attached hydrogen (secondary N) is 1. The molecule has 4 nitrogen and oxygen atoms in total. The van der Waals surface area contributed by atoms with Gasteiger partial charge in [0, 0.05) is 26.2 Å². The summed E-state index contributed by atoms with van der Waals surface area (Å²) < 4.78 is 5.51. The monoisotopic (exact) mass is 240 g/mol. The Balaban J connectivity index is 1.61. The van der Waals surface area contributed by atoms with E-state index in [-0.39, 0.29) is 5.91 Å². The molecular weight excluding hydrogens is 216 g/mol. The number of hydrogen-bond acceptors (Lipinski definition) is 3. The standard InChI is InChI=1S/C13H24N2O2/c16-13(15-7-3-1-2-4-8-15)11-14-10-12-6-5-9-17-12/h12,14H,1-11H2/t12-/m1/s1. The minimum absolute atomic E-state index is 0.255. The fourth-order valence-corrected chi connectivity index (χ4v) is 2.58. The number of carbonyl (C=O) groups is 1. The van der Waals surface area contributed by atoms with Gasteiger partial charge in [-0.3, -0.25) is 4.79 Å². The van der Waals surface area contributed by atoms with Gasteiger partial charge in [-0.1, -0.05) is 12.8 Å². The van der Waals surface area contributed by atoms with Gasteiger partial charge in [0.05, 0.1) is 12.6 Å². The van der Waals surface area contributed by atoms with Crippen LogP contribution in [0.1, 0.15) is 38.5 Å². The first-order valence-electron chi connectivity index (χ1n) is 6.96. The van der Waals surface area contributed by atoms with Crippen LogP contribution in [0, 0.1) is 0 Å². The molecule has 2 fully saturated rings. The number of carbonyl (C=O) groups excluding carboxylic acids is 1. The molecule has 0 aromatic rings. The molecule has 2 heterocycles. The Kier molecular flexibility index (Phi) is 5.26. The van der Waals surface area contributed by atoms with Crippen LogP contribution in [0.2, 0.25) is 0 Å². The molecule has 0 aromatic heterocycles. The number of likely N-dealkylation sites (tertiary alicyclic amines) is 1. The minimum Gasteiger partial charge on any atom is -0.377 e. The number of amides is 1. The van der Waals surface area contributed by atoms with Crippen molar-refractivity contribution in [2.45, 2.75) is 44.6 Å². The van der Waals surface area contributed by atoms with E-state index in [1.807, 2.05) is 4.90 Å². The first kappa shape index (κ1) is 12.8. The Bertz CT molecular complexity index is 232. The van der Waals surface area contributed by atoms with Crippen LogP contribution in [-0.4, -0.2) is 49.7 Å². The van der Waals surface area contributed by atoms with E-state index in [2.05, 4.69) is 5.32 Å². The maximum absolute atomic E-state index is 11.9. The minimum atomic E-state index is 0.255. The summed E-state index contributed by atoms with van der Waals surface area (Å²) in [7, 11) is 0. The van der Waals surface area contributed by atoms with Gasteiger partial charge < -0.3 is 15.0 Å². The molecule has 0 radical (unpaired) electrons. The molecule has 0 saturated carbocycles. The second kappa shape index (κ2) is 6.97. The van der Waals surface area contributed by atoms with Crippen molar-refractivity contribution >= 4 is 5.91 Å². The molecule has 2 aliphatic heterocycles. The smallest absolute Gasteiger partial charge is 0.236 e. The SMILES string of the molecule is O=C(CNC[C@H]1CCCO1)N1CCCCCC1. The second-order valence-corrected chi connectivity index (χ2v) is 5.06. The summed E-state index contributed by atoms with van der Waals surface area (Å²) in [5, 5.41) is 3.23. The Morgan fingerprint density at radius 3 is 2.59 bits per heavy atom. The summed E-state index contributed by atoms with van der Waals surface area (Å²) in [5.74, 6) is 0.255. The van der Waals surface area contributed by atoms with Gasteiger partial charge in [0.25, 0.3) is 0 Å². The summed E-state index contributed by atoms with van der Waals surface area (Å²) in [5.41, 5.74) is 0. The molecule has 0 aromatic carbocycles. The summed E-state index contributed by atoms with van der Waals surface area (Å²) in [6, 6.07) is 0. The van der Waals surface area contributed by atoms with Crippen molar-refractivity contribution in [1.29, 1.82) is 0 Å². The first-order chi connectivity index (χ1) is 8.36. The van der Waals surface area contributed by atoms with Gasteiger partial charge in [-0.05, 0) is 25.7 Å². The van der Waals surface area contributed by atoms with E-state index in [1.165, 1.54) is 12.8 Å². The van der Waals surface area contributed by atoms with Gasteiger partial charge in [-0.2, -0.15) is 0 Å². The molecule has 4 heteroatoms. The van der Waals surface area contributed by atoms with Gasteiger partial charge in [-0.15, -0.1) is 0 Å². The highest BCUT2D eigenvalue weighted by Gasteiger charge is 2.17. The maximum Gasteiger partial charge on any atom is 0.236 e. The van der Waals surface area contributed by atoms with Crippen LogP contribution in [0.5, 0.6) is 0 Å². The van der Waals surface area contributed by atoms with Gasteiger partial charge in [0.15, 0.2) is 0 Å². The molecule has 17 heavy (non-hydrogen) atoms. The average Bonchev–Trinajstić information content (AvgIpc) is 2.69. The lowest BCUT2D eigenvalue weighted by Gasteiger charge is -2.21. The third-order valence-corrected chi connectivity index (χ3v) is 3.63. The number of ether oxygens (including phenoxy) is 1. The first-order valence-corrected chi connectivity index (χ1v) is 6.96. The van der Waals surface area contributed by atoms with Crippen LogP contribution >= 0.6 is 0 Å². The third kappa shape index (κ3) is 4.28. The van der Waals surface area contributed by atoms with Gasteiger partial charge in [0.2, 0.25) is 5.91 Å². The average molecular weight is 240 g/mol. The molecule has 1 atom stereocenters. The van der Waals surface area contributed by atoms with E-state index in [4.69, 9.17) is 4.74 Å². The molecular formula is C13H24N2O2. The molecule has 2 aliphatic rings. The van der Waals surface area contributed by atoms with Crippen LogP contribution in [0.4, 0.5) is 0 Å². The topological polar surface area (TPSA) is 41.6 Å². The number of hydrogen-bond donors (Lipinski definition) is 1. The van der Waals surface area contributed by atoms with Crippen LogP contribution in [0.25, 0.3) is 0 Å². The highest BCUT2D eigenvalue weighted by molar-refractivity contribution is 5.78. The second-order valence-electron chi connectivity index (χ2n) is 5.06. The fourth-order valence-electron chi connectivity index (χ4n) is 2.58.